The van der Waals surface area contributed by atoms with Crippen molar-refractivity contribution >= 4 is 11.8 Å². The molecule has 0 radical (unpaired) electrons. The smallest absolute Gasteiger partial charge is 0.125 e. The quantitative estimate of drug-likeness (QED) is 0.527. The topological polar surface area (TPSA) is 49.8 Å². The van der Waals surface area contributed by atoms with Crippen molar-refractivity contribution in [1.82, 2.24) is 0 Å². The molecule has 1 aromatic carbocycles. The van der Waals surface area contributed by atoms with Crippen LogP contribution in [0.2, 0.25) is 0 Å². The van der Waals surface area contributed by atoms with Gasteiger partial charge in [0.25, 0.3) is 0 Å². The summed E-state index contributed by atoms with van der Waals surface area (Å²) in [6.45, 7) is 1.78. The van der Waals surface area contributed by atoms with E-state index < -0.39 is 0 Å². The van der Waals surface area contributed by atoms with E-state index in [-0.39, 0.29) is 5.82 Å². The van der Waals surface area contributed by atoms with E-state index in [1.54, 1.807) is 6.92 Å². The predicted molar refractivity (Wildman–Crippen MR) is 50.2 cm³/mol. The number of halogens is 1. The Morgan fingerprint density at radius 2 is 2.23 bits per heavy atom. The molecule has 0 aromatic heterocycles. The molecule has 66 valence electrons. The van der Waals surface area contributed by atoms with Crippen LogP contribution in [0.3, 0.4) is 0 Å². The van der Waals surface area contributed by atoms with Crippen LogP contribution >= 0.6 is 0 Å². The van der Waals surface area contributed by atoms with Gasteiger partial charge in [-0.2, -0.15) is 5.26 Å². The van der Waals surface area contributed by atoms with Crippen LogP contribution in [0.4, 0.5) is 10.1 Å². The molecule has 2 nitrogen and oxygen atoms in total. The molecule has 0 saturated carbocycles. The SMILES string of the molecule is Cc1c(N)cc(F)cc1C=CC#N. The van der Waals surface area contributed by atoms with Gasteiger partial charge in [0.05, 0.1) is 6.07 Å². The minimum Gasteiger partial charge on any atom is -0.398 e. The molecular weight excluding hydrogens is 167 g/mol. The minimum atomic E-state index is -0.388. The lowest BCUT2D eigenvalue weighted by Gasteiger charge is -2.03. The van der Waals surface area contributed by atoms with Crippen molar-refractivity contribution < 1.29 is 4.39 Å². The number of hydrogen-bond acceptors (Lipinski definition) is 2. The van der Waals surface area contributed by atoms with Crippen LogP contribution in [0.25, 0.3) is 6.08 Å². The summed E-state index contributed by atoms with van der Waals surface area (Å²) < 4.78 is 12.8. The van der Waals surface area contributed by atoms with Crippen molar-refractivity contribution in [3.05, 3.63) is 35.2 Å². The van der Waals surface area contributed by atoms with Gasteiger partial charge in [-0.25, -0.2) is 4.39 Å². The molecule has 0 atom stereocenters. The van der Waals surface area contributed by atoms with Crippen molar-refractivity contribution in [2.24, 2.45) is 0 Å². The summed E-state index contributed by atoms with van der Waals surface area (Å²) in [5, 5.41) is 8.30. The second kappa shape index (κ2) is 3.72. The Hall–Kier alpha value is -1.82. The first-order chi connectivity index (χ1) is 6.15. The lowest BCUT2D eigenvalue weighted by Crippen LogP contribution is -1.93. The Morgan fingerprint density at radius 1 is 1.54 bits per heavy atom. The van der Waals surface area contributed by atoms with Crippen molar-refractivity contribution in [1.29, 1.82) is 5.26 Å². The van der Waals surface area contributed by atoms with E-state index in [4.69, 9.17) is 11.0 Å². The first-order valence-electron chi connectivity index (χ1n) is 3.77. The summed E-state index contributed by atoms with van der Waals surface area (Å²) in [6.07, 6.45) is 2.83. The van der Waals surface area contributed by atoms with Gasteiger partial charge in [-0.15, -0.1) is 0 Å². The Balaban J connectivity index is 3.22. The maximum atomic E-state index is 12.8. The zero-order valence-electron chi connectivity index (χ0n) is 7.21. The molecule has 0 aliphatic heterocycles. The number of anilines is 1. The third-order valence-electron chi connectivity index (χ3n) is 1.79. The molecule has 2 N–H and O–H groups in total. The van der Waals surface area contributed by atoms with Crippen LogP contribution in [0.5, 0.6) is 0 Å². The van der Waals surface area contributed by atoms with Crippen molar-refractivity contribution in [2.75, 3.05) is 5.73 Å². The summed E-state index contributed by atoms with van der Waals surface area (Å²) in [4.78, 5) is 0. The van der Waals surface area contributed by atoms with E-state index in [9.17, 15) is 4.39 Å². The van der Waals surface area contributed by atoms with E-state index in [0.717, 1.165) is 5.56 Å². The van der Waals surface area contributed by atoms with Gasteiger partial charge in [0.15, 0.2) is 0 Å². The van der Waals surface area contributed by atoms with E-state index >= 15 is 0 Å². The molecular formula is C10H9FN2. The van der Waals surface area contributed by atoms with Gasteiger partial charge < -0.3 is 5.73 Å². The van der Waals surface area contributed by atoms with Gasteiger partial charge >= 0.3 is 0 Å². The van der Waals surface area contributed by atoms with Gasteiger partial charge in [-0.3, -0.25) is 0 Å². The molecule has 0 unspecified atom stereocenters. The maximum Gasteiger partial charge on any atom is 0.125 e. The molecule has 0 fully saturated rings. The summed E-state index contributed by atoms with van der Waals surface area (Å²) in [6, 6.07) is 4.45. The predicted octanol–water partition coefficient (Wildman–Crippen LogP) is 2.25. The average Bonchev–Trinajstić information content (AvgIpc) is 2.09. The summed E-state index contributed by atoms with van der Waals surface area (Å²) in [5.74, 6) is -0.388. The summed E-state index contributed by atoms with van der Waals surface area (Å²) in [5.41, 5.74) is 7.36. The van der Waals surface area contributed by atoms with E-state index in [1.807, 2.05) is 6.07 Å². The van der Waals surface area contributed by atoms with Crippen molar-refractivity contribution in [3.63, 3.8) is 0 Å². The van der Waals surface area contributed by atoms with Crippen molar-refractivity contribution in [3.8, 4) is 6.07 Å². The number of allylic oxidation sites excluding steroid dienone is 1. The Kier molecular flexibility index (Phi) is 2.65. The third kappa shape index (κ3) is 2.06. The lowest BCUT2D eigenvalue weighted by molar-refractivity contribution is 0.628. The molecule has 1 aromatic rings. The number of benzene rings is 1. The molecule has 0 heterocycles. The van der Waals surface area contributed by atoms with E-state index in [2.05, 4.69) is 0 Å². The van der Waals surface area contributed by atoms with E-state index in [1.165, 1.54) is 24.3 Å². The first-order valence-corrected chi connectivity index (χ1v) is 3.77. The fraction of sp³-hybridized carbons (Fsp3) is 0.100. The fourth-order valence-corrected chi connectivity index (χ4v) is 1.02. The van der Waals surface area contributed by atoms with Crippen LogP contribution < -0.4 is 5.73 Å². The van der Waals surface area contributed by atoms with Crippen LogP contribution in [0.1, 0.15) is 11.1 Å². The fourth-order valence-electron chi connectivity index (χ4n) is 1.02. The molecule has 3 heteroatoms. The van der Waals surface area contributed by atoms with Gasteiger partial charge in [0, 0.05) is 11.8 Å². The second-order valence-electron chi connectivity index (χ2n) is 2.67. The number of rotatable bonds is 1. The van der Waals surface area contributed by atoms with Crippen LogP contribution in [-0.2, 0) is 0 Å². The standard InChI is InChI=1S/C10H9FN2/c1-7-8(3-2-4-12)5-9(11)6-10(7)13/h2-3,5-6H,13H2,1H3. The molecule has 1 rings (SSSR count). The zero-order chi connectivity index (χ0) is 9.84. The van der Waals surface area contributed by atoms with Gasteiger partial charge in [0.2, 0.25) is 0 Å². The highest BCUT2D eigenvalue weighted by molar-refractivity contribution is 5.63. The normalized spacial score (nSPS) is 10.2. The minimum absolute atomic E-state index is 0.388. The number of nitrogens with zero attached hydrogens (tertiary/aromatic N) is 1. The van der Waals surface area contributed by atoms with Gasteiger partial charge in [0.1, 0.15) is 5.82 Å². The van der Waals surface area contributed by atoms with Crippen LogP contribution in [0, 0.1) is 24.1 Å². The molecule has 0 spiro atoms. The molecule has 0 aliphatic rings. The number of hydrogen-bond donors (Lipinski definition) is 1. The molecule has 0 bridgehead atoms. The Bertz CT molecular complexity index is 389. The molecule has 0 amide bonds. The average molecular weight is 176 g/mol. The zero-order valence-corrected chi connectivity index (χ0v) is 7.21. The van der Waals surface area contributed by atoms with Gasteiger partial charge in [-0.05, 0) is 36.3 Å². The molecule has 0 saturated heterocycles. The summed E-state index contributed by atoms with van der Waals surface area (Å²) in [7, 11) is 0. The first kappa shape index (κ1) is 9.27. The maximum absolute atomic E-state index is 12.8. The van der Waals surface area contributed by atoms with Crippen molar-refractivity contribution in [2.45, 2.75) is 6.92 Å². The third-order valence-corrected chi connectivity index (χ3v) is 1.79. The Labute approximate surface area is 76.1 Å². The number of nitrogens with two attached hydrogens (primary N) is 1. The van der Waals surface area contributed by atoms with E-state index in [0.29, 0.717) is 11.3 Å². The highest BCUT2D eigenvalue weighted by Crippen LogP contribution is 2.19. The van der Waals surface area contributed by atoms with Crippen LogP contribution in [0.15, 0.2) is 18.2 Å². The highest BCUT2D eigenvalue weighted by atomic mass is 19.1. The Morgan fingerprint density at radius 3 is 2.85 bits per heavy atom. The van der Waals surface area contributed by atoms with Gasteiger partial charge in [-0.1, -0.05) is 0 Å². The molecule has 0 aliphatic carbocycles. The lowest BCUT2D eigenvalue weighted by atomic mass is 10.1. The monoisotopic (exact) mass is 176 g/mol. The highest BCUT2D eigenvalue weighted by Gasteiger charge is 2.01. The molecule has 13 heavy (non-hydrogen) atoms. The number of nitriles is 1. The largest absolute Gasteiger partial charge is 0.398 e. The second-order valence-corrected chi connectivity index (χ2v) is 2.67. The number of nitrogen functional groups attached to an aromatic ring is 1. The van der Waals surface area contributed by atoms with Crippen LogP contribution in [-0.4, -0.2) is 0 Å². The summed E-state index contributed by atoms with van der Waals surface area (Å²) >= 11 is 0.